The van der Waals surface area contributed by atoms with Gasteiger partial charge in [0.05, 0.1) is 6.61 Å². The van der Waals surface area contributed by atoms with Gasteiger partial charge in [-0.2, -0.15) is 5.26 Å². The number of thiocyanates is 1. The molecule has 0 bridgehead atoms. The van der Waals surface area contributed by atoms with Crippen LogP contribution in [0.3, 0.4) is 0 Å². The molecule has 0 heterocycles. The van der Waals surface area contributed by atoms with Gasteiger partial charge < -0.3 is 4.74 Å². The summed E-state index contributed by atoms with van der Waals surface area (Å²) in [5.74, 6) is 0.330. The molecule has 0 saturated heterocycles. The van der Waals surface area contributed by atoms with Crippen LogP contribution < -0.4 is 0 Å². The number of nitrogens with zero attached hydrogens (tertiary/aromatic N) is 1. The Bertz CT molecular complexity index is 208. The number of carbonyl (C=O) groups excluding carboxylic acids is 1. The predicted octanol–water partition coefficient (Wildman–Crippen LogP) is 1.71. The van der Waals surface area contributed by atoms with Crippen LogP contribution in [0.1, 0.15) is 13.3 Å². The molecule has 0 rings (SSSR count). The molecule has 0 N–H and O–H groups in total. The lowest BCUT2D eigenvalue weighted by Gasteiger charge is -2.01. The van der Waals surface area contributed by atoms with Crippen molar-refractivity contribution in [2.75, 3.05) is 12.4 Å². The molecule has 66 valence electrons. The maximum Gasteiger partial charge on any atom is 0.333 e. The van der Waals surface area contributed by atoms with Gasteiger partial charge in [0.25, 0.3) is 0 Å². The van der Waals surface area contributed by atoms with Crippen LogP contribution in [-0.4, -0.2) is 18.3 Å². The van der Waals surface area contributed by atoms with Crippen molar-refractivity contribution in [3.8, 4) is 5.40 Å². The molecule has 0 radical (unpaired) electrons. The number of rotatable bonds is 5. The fraction of sp³-hybridized carbons (Fsp3) is 0.500. The molecule has 0 saturated carbocycles. The number of thioether (sulfide) groups is 1. The molecular weight excluding hydrogens is 174 g/mol. The van der Waals surface area contributed by atoms with Gasteiger partial charge in [-0.1, -0.05) is 6.58 Å². The van der Waals surface area contributed by atoms with Crippen LogP contribution in [0.5, 0.6) is 0 Å². The minimum absolute atomic E-state index is 0.361. The molecule has 0 amide bonds. The molecule has 4 heteroatoms. The van der Waals surface area contributed by atoms with Gasteiger partial charge in [-0.3, -0.25) is 0 Å². The molecule has 0 aliphatic rings. The Hall–Kier alpha value is -0.950. The van der Waals surface area contributed by atoms with Gasteiger partial charge in [-0.05, 0) is 25.1 Å². The molecule has 0 aromatic rings. The number of hydrogen-bond acceptors (Lipinski definition) is 4. The van der Waals surface area contributed by atoms with Gasteiger partial charge >= 0.3 is 5.97 Å². The summed E-state index contributed by atoms with van der Waals surface area (Å²) in [6.45, 7) is 5.40. The van der Waals surface area contributed by atoms with E-state index in [2.05, 4.69) is 6.58 Å². The van der Waals surface area contributed by atoms with Crippen molar-refractivity contribution in [3.05, 3.63) is 12.2 Å². The molecule has 0 aliphatic carbocycles. The monoisotopic (exact) mass is 185 g/mol. The summed E-state index contributed by atoms with van der Waals surface area (Å²) in [6, 6.07) is 0. The zero-order chi connectivity index (χ0) is 9.40. The van der Waals surface area contributed by atoms with Gasteiger partial charge in [-0.25, -0.2) is 4.79 Å². The van der Waals surface area contributed by atoms with E-state index in [1.807, 2.05) is 5.40 Å². The van der Waals surface area contributed by atoms with Crippen molar-refractivity contribution >= 4 is 17.7 Å². The Morgan fingerprint density at radius 1 is 1.75 bits per heavy atom. The van der Waals surface area contributed by atoms with Crippen molar-refractivity contribution < 1.29 is 9.53 Å². The maximum absolute atomic E-state index is 10.8. The van der Waals surface area contributed by atoms with Gasteiger partial charge in [0.1, 0.15) is 5.40 Å². The third kappa shape index (κ3) is 5.81. The minimum Gasteiger partial charge on any atom is -0.462 e. The van der Waals surface area contributed by atoms with Crippen molar-refractivity contribution in [1.29, 1.82) is 5.26 Å². The fourth-order valence-corrected chi connectivity index (χ4v) is 0.818. The Morgan fingerprint density at radius 3 is 2.92 bits per heavy atom. The van der Waals surface area contributed by atoms with Crippen LogP contribution in [0, 0.1) is 10.7 Å². The first kappa shape index (κ1) is 11.1. The van der Waals surface area contributed by atoms with Crippen molar-refractivity contribution in [1.82, 2.24) is 0 Å². The van der Waals surface area contributed by atoms with E-state index in [4.69, 9.17) is 10.00 Å². The van der Waals surface area contributed by atoms with E-state index in [-0.39, 0.29) is 5.97 Å². The molecule has 0 aliphatic heterocycles. The number of nitriles is 1. The fourth-order valence-electron chi connectivity index (χ4n) is 0.465. The molecule has 12 heavy (non-hydrogen) atoms. The molecule has 0 aromatic carbocycles. The van der Waals surface area contributed by atoms with Crippen molar-refractivity contribution in [2.24, 2.45) is 0 Å². The number of carbonyl (C=O) groups is 1. The summed E-state index contributed by atoms with van der Waals surface area (Å²) in [4.78, 5) is 10.8. The Balaban J connectivity index is 3.27. The number of hydrogen-bond donors (Lipinski definition) is 0. The highest BCUT2D eigenvalue weighted by Crippen LogP contribution is 2.00. The topological polar surface area (TPSA) is 50.1 Å². The van der Waals surface area contributed by atoms with Gasteiger partial charge in [0.15, 0.2) is 0 Å². The summed E-state index contributed by atoms with van der Waals surface area (Å²) >= 11 is 1.16. The zero-order valence-corrected chi connectivity index (χ0v) is 7.82. The first-order valence-electron chi connectivity index (χ1n) is 3.52. The minimum atomic E-state index is -0.364. The summed E-state index contributed by atoms with van der Waals surface area (Å²) < 4.78 is 4.79. The molecule has 0 unspecified atom stereocenters. The number of esters is 1. The van der Waals surface area contributed by atoms with E-state index >= 15 is 0 Å². The smallest absolute Gasteiger partial charge is 0.333 e. The van der Waals surface area contributed by atoms with E-state index in [0.29, 0.717) is 24.4 Å². The van der Waals surface area contributed by atoms with Gasteiger partial charge in [0, 0.05) is 11.3 Å². The third-order valence-electron chi connectivity index (χ3n) is 1.04. The highest BCUT2D eigenvalue weighted by molar-refractivity contribution is 8.03. The highest BCUT2D eigenvalue weighted by Gasteiger charge is 2.01. The lowest BCUT2D eigenvalue weighted by molar-refractivity contribution is -0.138. The average molecular weight is 185 g/mol. The second-order valence-corrected chi connectivity index (χ2v) is 3.09. The molecule has 0 atom stereocenters. The van der Waals surface area contributed by atoms with Crippen LogP contribution in [-0.2, 0) is 9.53 Å². The molecule has 0 spiro atoms. The summed E-state index contributed by atoms with van der Waals surface area (Å²) in [5, 5.41) is 10.1. The largest absolute Gasteiger partial charge is 0.462 e. The van der Waals surface area contributed by atoms with Gasteiger partial charge in [0.2, 0.25) is 0 Å². The lowest BCUT2D eigenvalue weighted by atomic mass is 10.4. The molecular formula is C8H11NO2S. The van der Waals surface area contributed by atoms with Crippen LogP contribution in [0.4, 0.5) is 0 Å². The lowest BCUT2D eigenvalue weighted by Crippen LogP contribution is -2.06. The first-order valence-corrected chi connectivity index (χ1v) is 4.50. The van der Waals surface area contributed by atoms with Gasteiger partial charge in [-0.15, -0.1) is 0 Å². The number of ether oxygens (including phenoxy) is 1. The van der Waals surface area contributed by atoms with E-state index in [0.717, 1.165) is 11.8 Å². The first-order chi connectivity index (χ1) is 5.68. The molecule has 3 nitrogen and oxygen atoms in total. The highest BCUT2D eigenvalue weighted by atomic mass is 32.2. The van der Waals surface area contributed by atoms with Crippen LogP contribution >= 0.6 is 11.8 Å². The Kier molecular flexibility index (Phi) is 6.21. The molecule has 0 fully saturated rings. The van der Waals surface area contributed by atoms with E-state index in [9.17, 15) is 4.79 Å². The van der Waals surface area contributed by atoms with Crippen molar-refractivity contribution in [2.45, 2.75) is 13.3 Å². The second-order valence-electron chi connectivity index (χ2n) is 2.21. The van der Waals surface area contributed by atoms with Crippen LogP contribution in [0.15, 0.2) is 12.2 Å². The van der Waals surface area contributed by atoms with Crippen LogP contribution in [0.2, 0.25) is 0 Å². The maximum atomic E-state index is 10.8. The van der Waals surface area contributed by atoms with E-state index < -0.39 is 0 Å². The Morgan fingerprint density at radius 2 is 2.42 bits per heavy atom. The van der Waals surface area contributed by atoms with Crippen LogP contribution in [0.25, 0.3) is 0 Å². The summed E-state index contributed by atoms with van der Waals surface area (Å²) in [5.41, 5.74) is 0.405. The van der Waals surface area contributed by atoms with Crippen molar-refractivity contribution in [3.63, 3.8) is 0 Å². The summed E-state index contributed by atoms with van der Waals surface area (Å²) in [7, 11) is 0. The quantitative estimate of drug-likeness (QED) is 0.283. The predicted molar refractivity (Wildman–Crippen MR) is 48.5 cm³/mol. The summed E-state index contributed by atoms with van der Waals surface area (Å²) in [6.07, 6.45) is 0.706. The molecule has 0 aromatic heterocycles. The van der Waals surface area contributed by atoms with E-state index in [1.165, 1.54) is 0 Å². The normalized spacial score (nSPS) is 8.67. The second kappa shape index (κ2) is 6.74. The van der Waals surface area contributed by atoms with E-state index in [1.54, 1.807) is 6.92 Å². The average Bonchev–Trinajstić information content (AvgIpc) is 2.03. The third-order valence-corrected chi connectivity index (χ3v) is 1.66. The Labute approximate surface area is 76.4 Å². The zero-order valence-electron chi connectivity index (χ0n) is 7.00. The SMILES string of the molecule is C=C(C)C(=O)OCCCSC#N. The standard InChI is InChI=1S/C8H11NO2S/c1-7(2)8(10)11-4-3-5-12-6-9/h1,3-5H2,2H3.